The lowest BCUT2D eigenvalue weighted by Crippen LogP contribution is -2.46. The van der Waals surface area contributed by atoms with E-state index in [1.165, 1.54) is 0 Å². The van der Waals surface area contributed by atoms with Crippen LogP contribution in [0.15, 0.2) is 5.10 Å². The van der Waals surface area contributed by atoms with Crippen LogP contribution in [0.2, 0.25) is 0 Å². The number of hydrogen-bond acceptors (Lipinski definition) is 7. The first-order valence-corrected chi connectivity index (χ1v) is 6.59. The van der Waals surface area contributed by atoms with E-state index in [-0.39, 0.29) is 12.6 Å². The van der Waals surface area contributed by atoms with Gasteiger partial charge in [-0.2, -0.15) is 5.10 Å². The van der Waals surface area contributed by atoms with E-state index >= 15 is 0 Å². The molecular formula is C12H21N4O5-. The summed E-state index contributed by atoms with van der Waals surface area (Å²) in [6.07, 6.45) is -1.13. The molecule has 1 atom stereocenters. The van der Waals surface area contributed by atoms with Crippen molar-refractivity contribution in [3.63, 3.8) is 0 Å². The molecule has 1 rings (SSSR count). The molecule has 0 bridgehead atoms. The highest BCUT2D eigenvalue weighted by molar-refractivity contribution is 5.78. The molecule has 1 aliphatic rings. The Labute approximate surface area is 123 Å². The van der Waals surface area contributed by atoms with Crippen LogP contribution in [-0.2, 0) is 9.47 Å². The van der Waals surface area contributed by atoms with Crippen LogP contribution in [0, 0.1) is 0 Å². The van der Waals surface area contributed by atoms with E-state index in [0.29, 0.717) is 19.7 Å². The van der Waals surface area contributed by atoms with Gasteiger partial charge in [-0.1, -0.05) is 0 Å². The van der Waals surface area contributed by atoms with Crippen molar-refractivity contribution >= 4 is 18.5 Å². The Hall–Kier alpha value is -2.03. The summed E-state index contributed by atoms with van der Waals surface area (Å²) in [7, 11) is 0. The number of hydrazone groups is 1. The van der Waals surface area contributed by atoms with Crippen molar-refractivity contribution in [3.05, 3.63) is 0 Å². The fraction of sp³-hybridized carbons (Fsp3) is 0.750. The molecule has 2 N–H and O–H groups in total. The first kappa shape index (κ1) is 17.0. The van der Waals surface area contributed by atoms with Gasteiger partial charge in [-0.25, -0.2) is 4.79 Å². The predicted molar refractivity (Wildman–Crippen MR) is 72.6 cm³/mol. The predicted octanol–water partition coefficient (Wildman–Crippen LogP) is -0.912. The number of nitrogens with zero attached hydrogens (tertiary/aromatic N) is 2. The second-order valence-corrected chi connectivity index (χ2v) is 5.46. The molecule has 1 fully saturated rings. The van der Waals surface area contributed by atoms with Crippen LogP contribution in [0.25, 0.3) is 0 Å². The van der Waals surface area contributed by atoms with Crippen molar-refractivity contribution in [3.8, 4) is 0 Å². The zero-order valence-electron chi connectivity index (χ0n) is 12.4. The highest BCUT2D eigenvalue weighted by atomic mass is 16.6. The molecule has 0 aromatic carbocycles. The first-order chi connectivity index (χ1) is 9.76. The fourth-order valence-corrected chi connectivity index (χ4v) is 1.61. The molecule has 0 radical (unpaired) electrons. The van der Waals surface area contributed by atoms with Gasteiger partial charge in [0.15, 0.2) is 0 Å². The molecule has 1 saturated heterocycles. The lowest BCUT2D eigenvalue weighted by Gasteiger charge is -2.31. The average molecular weight is 301 g/mol. The molecule has 1 aliphatic heterocycles. The van der Waals surface area contributed by atoms with E-state index in [1.807, 2.05) is 5.32 Å². The molecule has 2 amide bonds. The molecule has 9 heteroatoms. The van der Waals surface area contributed by atoms with Gasteiger partial charge < -0.3 is 30.0 Å². The number of morpholine rings is 1. The van der Waals surface area contributed by atoms with Gasteiger partial charge >= 0.3 is 6.09 Å². The van der Waals surface area contributed by atoms with Crippen molar-refractivity contribution in [2.24, 2.45) is 5.10 Å². The minimum atomic E-state index is -1.42. The van der Waals surface area contributed by atoms with Gasteiger partial charge in [-0.15, -0.1) is 0 Å². The number of carbonyl (C=O) groups excluding carboxylic acids is 2. The standard InChI is InChI=1S/C12H22N4O5/c1-12(2,3)21-11(19)13-6-9-7-16(4-5-20-9)15-8-14-10(17)18/h8-9H,4-7H2,1-3H3,(H,13,19)(H,14,15)(H,17,18)/p-1. The largest absolute Gasteiger partial charge is 0.530 e. The lowest BCUT2D eigenvalue weighted by molar-refractivity contribution is -0.248. The Morgan fingerprint density at radius 3 is 2.86 bits per heavy atom. The van der Waals surface area contributed by atoms with Crippen molar-refractivity contribution in [1.82, 2.24) is 15.6 Å². The van der Waals surface area contributed by atoms with Crippen LogP contribution < -0.4 is 15.7 Å². The van der Waals surface area contributed by atoms with Gasteiger partial charge in [0.05, 0.1) is 25.8 Å². The zero-order chi connectivity index (χ0) is 15.9. The van der Waals surface area contributed by atoms with E-state index in [2.05, 4.69) is 10.4 Å². The zero-order valence-corrected chi connectivity index (χ0v) is 12.4. The Bertz CT molecular complexity index is 394. The van der Waals surface area contributed by atoms with E-state index in [4.69, 9.17) is 9.47 Å². The van der Waals surface area contributed by atoms with Crippen molar-refractivity contribution in [1.29, 1.82) is 0 Å². The molecule has 0 aromatic rings. The average Bonchev–Trinajstić information content (AvgIpc) is 2.34. The topological polar surface area (TPSA) is 115 Å². The minimum Gasteiger partial charge on any atom is -0.530 e. The van der Waals surface area contributed by atoms with Gasteiger partial charge in [-0.05, 0) is 20.8 Å². The SMILES string of the molecule is CC(C)(C)OC(=O)NCC1CN(/N=C/NC(=O)[O-])CCO1. The summed E-state index contributed by atoms with van der Waals surface area (Å²) in [5.41, 5.74) is -0.551. The summed E-state index contributed by atoms with van der Waals surface area (Å²) in [6.45, 7) is 7.03. The fourth-order valence-electron chi connectivity index (χ4n) is 1.61. The van der Waals surface area contributed by atoms with Gasteiger partial charge in [0.2, 0.25) is 0 Å². The molecule has 21 heavy (non-hydrogen) atoms. The lowest BCUT2D eigenvalue weighted by atomic mass is 10.2. The minimum absolute atomic E-state index is 0.244. The molecule has 0 aliphatic carbocycles. The van der Waals surface area contributed by atoms with Gasteiger partial charge in [-0.3, -0.25) is 5.01 Å². The van der Waals surface area contributed by atoms with E-state index in [0.717, 1.165) is 6.34 Å². The summed E-state index contributed by atoms with van der Waals surface area (Å²) in [4.78, 5) is 21.7. The highest BCUT2D eigenvalue weighted by Crippen LogP contribution is 2.07. The normalized spacial score (nSPS) is 19.4. The second kappa shape index (κ2) is 7.67. The maximum atomic E-state index is 11.5. The maximum absolute atomic E-state index is 11.5. The number of carbonyl (C=O) groups is 2. The van der Waals surface area contributed by atoms with Gasteiger partial charge in [0.25, 0.3) is 0 Å². The van der Waals surface area contributed by atoms with Gasteiger partial charge in [0, 0.05) is 6.54 Å². The quantitative estimate of drug-likeness (QED) is 0.513. The Morgan fingerprint density at radius 1 is 1.52 bits per heavy atom. The number of rotatable bonds is 4. The third-order valence-corrected chi connectivity index (χ3v) is 2.39. The molecule has 9 nitrogen and oxygen atoms in total. The molecule has 0 aromatic heterocycles. The summed E-state index contributed by atoms with van der Waals surface area (Å²) < 4.78 is 10.6. The second-order valence-electron chi connectivity index (χ2n) is 5.46. The molecular weight excluding hydrogens is 280 g/mol. The summed E-state index contributed by atoms with van der Waals surface area (Å²) in [6, 6.07) is 0. The summed E-state index contributed by atoms with van der Waals surface area (Å²) >= 11 is 0. The molecule has 0 spiro atoms. The highest BCUT2D eigenvalue weighted by Gasteiger charge is 2.21. The molecule has 120 valence electrons. The van der Waals surface area contributed by atoms with Crippen molar-refractivity contribution in [2.75, 3.05) is 26.2 Å². The van der Waals surface area contributed by atoms with E-state index < -0.39 is 17.8 Å². The number of nitrogens with one attached hydrogen (secondary N) is 2. The van der Waals surface area contributed by atoms with E-state index in [1.54, 1.807) is 25.8 Å². The Kier molecular flexibility index (Phi) is 6.22. The molecule has 1 heterocycles. The van der Waals surface area contributed by atoms with Crippen LogP contribution in [-0.4, -0.2) is 61.5 Å². The molecule has 1 unspecified atom stereocenters. The number of alkyl carbamates (subject to hydrolysis) is 1. The third kappa shape index (κ3) is 7.98. The number of hydrogen-bond donors (Lipinski definition) is 2. The van der Waals surface area contributed by atoms with Crippen LogP contribution in [0.5, 0.6) is 0 Å². The third-order valence-electron chi connectivity index (χ3n) is 2.39. The van der Waals surface area contributed by atoms with Crippen LogP contribution in [0.3, 0.4) is 0 Å². The van der Waals surface area contributed by atoms with Crippen molar-refractivity contribution < 1.29 is 24.2 Å². The van der Waals surface area contributed by atoms with E-state index in [9.17, 15) is 14.7 Å². The van der Waals surface area contributed by atoms with Gasteiger partial charge in [0.1, 0.15) is 18.0 Å². The van der Waals surface area contributed by atoms with Crippen LogP contribution in [0.4, 0.5) is 9.59 Å². The first-order valence-electron chi connectivity index (χ1n) is 6.59. The number of ether oxygens (including phenoxy) is 2. The Balaban J connectivity index is 2.31. The number of amides is 2. The number of carboxylic acid groups (broad SMARTS) is 1. The smallest absolute Gasteiger partial charge is 0.407 e. The summed E-state index contributed by atoms with van der Waals surface area (Å²) in [5, 5.41) is 20.3. The van der Waals surface area contributed by atoms with Crippen LogP contribution >= 0.6 is 0 Å². The summed E-state index contributed by atoms with van der Waals surface area (Å²) in [5.74, 6) is 0. The maximum Gasteiger partial charge on any atom is 0.407 e. The van der Waals surface area contributed by atoms with Crippen molar-refractivity contribution in [2.45, 2.75) is 32.5 Å². The molecule has 0 saturated carbocycles. The Morgan fingerprint density at radius 2 is 2.24 bits per heavy atom. The monoisotopic (exact) mass is 301 g/mol. The van der Waals surface area contributed by atoms with Crippen LogP contribution in [0.1, 0.15) is 20.8 Å².